The predicted molar refractivity (Wildman–Crippen MR) is 111 cm³/mol. The number of imide groups is 1. The molecule has 0 bridgehead atoms. The first kappa shape index (κ1) is 20.7. The molecule has 31 heavy (non-hydrogen) atoms. The van der Waals surface area contributed by atoms with Gasteiger partial charge in [-0.3, -0.25) is 9.59 Å². The Morgan fingerprint density at radius 2 is 1.87 bits per heavy atom. The van der Waals surface area contributed by atoms with E-state index >= 15 is 0 Å². The molecule has 0 aliphatic carbocycles. The summed E-state index contributed by atoms with van der Waals surface area (Å²) in [5, 5.41) is 11.6. The first-order valence-corrected chi connectivity index (χ1v) is 10.1. The number of para-hydroxylation sites is 1. The lowest BCUT2D eigenvalue weighted by Gasteiger charge is -2.15. The summed E-state index contributed by atoms with van der Waals surface area (Å²) in [4.78, 5) is 39.2. The van der Waals surface area contributed by atoms with E-state index in [0.717, 1.165) is 17.7 Å². The molecule has 0 spiro atoms. The van der Waals surface area contributed by atoms with Crippen molar-refractivity contribution in [3.63, 3.8) is 0 Å². The van der Waals surface area contributed by atoms with E-state index in [1.807, 2.05) is 0 Å². The Balaban J connectivity index is 1.52. The number of carbonyl (C=O) groups excluding carboxylic acids is 3. The molecule has 2 aromatic carbocycles. The molecule has 3 aromatic rings. The Hall–Kier alpha value is -3.59. The van der Waals surface area contributed by atoms with Crippen LogP contribution in [-0.2, 0) is 17.9 Å². The summed E-state index contributed by atoms with van der Waals surface area (Å²) in [6.45, 7) is 2.58. The number of hydrogen-bond acceptors (Lipinski definition) is 7. The second kappa shape index (κ2) is 8.65. The SMILES string of the molecule is CCCCn1nnnc1COC(=O)c1ccc2c(c1)C(=O)N(c1ccccc1Cl)C2=O. The molecule has 2 heterocycles. The molecule has 158 valence electrons. The fourth-order valence-electron chi connectivity index (χ4n) is 3.24. The van der Waals surface area contributed by atoms with E-state index in [1.165, 1.54) is 18.2 Å². The number of aryl methyl sites for hydroxylation is 1. The van der Waals surface area contributed by atoms with Gasteiger partial charge in [-0.15, -0.1) is 5.10 Å². The fourth-order valence-corrected chi connectivity index (χ4v) is 3.46. The second-order valence-corrected chi connectivity index (χ2v) is 7.31. The number of esters is 1. The molecule has 9 nitrogen and oxygen atoms in total. The van der Waals surface area contributed by atoms with Gasteiger partial charge in [-0.1, -0.05) is 37.1 Å². The molecule has 1 aliphatic heterocycles. The lowest BCUT2D eigenvalue weighted by Crippen LogP contribution is -2.29. The Morgan fingerprint density at radius 1 is 1.10 bits per heavy atom. The average Bonchev–Trinajstić information content (AvgIpc) is 3.33. The van der Waals surface area contributed by atoms with Crippen LogP contribution in [0.1, 0.15) is 56.7 Å². The van der Waals surface area contributed by atoms with Crippen LogP contribution in [0.25, 0.3) is 0 Å². The van der Waals surface area contributed by atoms with Gasteiger partial charge in [0.2, 0.25) is 0 Å². The van der Waals surface area contributed by atoms with Crippen LogP contribution in [0.3, 0.4) is 0 Å². The van der Waals surface area contributed by atoms with Crippen molar-refractivity contribution in [1.29, 1.82) is 0 Å². The quantitative estimate of drug-likeness (QED) is 0.410. The van der Waals surface area contributed by atoms with E-state index in [1.54, 1.807) is 28.9 Å². The number of anilines is 1. The lowest BCUT2D eigenvalue weighted by molar-refractivity contribution is 0.0456. The Kier molecular flexibility index (Phi) is 5.77. The third kappa shape index (κ3) is 3.91. The van der Waals surface area contributed by atoms with Gasteiger partial charge >= 0.3 is 5.97 Å². The van der Waals surface area contributed by atoms with Gasteiger partial charge in [-0.05, 0) is 47.2 Å². The minimum absolute atomic E-state index is 0.106. The molecule has 0 saturated heterocycles. The van der Waals surface area contributed by atoms with E-state index in [2.05, 4.69) is 22.4 Å². The van der Waals surface area contributed by atoms with Crippen LogP contribution in [0.2, 0.25) is 5.02 Å². The highest BCUT2D eigenvalue weighted by Crippen LogP contribution is 2.33. The molecule has 0 unspecified atom stereocenters. The number of amides is 2. The van der Waals surface area contributed by atoms with Crippen LogP contribution in [-0.4, -0.2) is 38.0 Å². The molecule has 10 heteroatoms. The normalized spacial score (nSPS) is 12.9. The Bertz CT molecular complexity index is 1180. The first-order chi connectivity index (χ1) is 15.0. The number of nitrogens with zero attached hydrogens (tertiary/aromatic N) is 5. The average molecular weight is 440 g/mol. The highest BCUT2D eigenvalue weighted by molar-refractivity contribution is 6.39. The Morgan fingerprint density at radius 3 is 2.65 bits per heavy atom. The number of benzene rings is 2. The van der Waals surface area contributed by atoms with Gasteiger partial charge in [0.1, 0.15) is 0 Å². The van der Waals surface area contributed by atoms with Gasteiger partial charge in [-0.25, -0.2) is 14.4 Å². The van der Waals surface area contributed by atoms with Crippen molar-refractivity contribution in [2.45, 2.75) is 32.9 Å². The van der Waals surface area contributed by atoms with Gasteiger partial charge < -0.3 is 4.74 Å². The number of unbranched alkanes of at least 4 members (excludes halogenated alkanes) is 1. The molecular formula is C21H18ClN5O4. The number of fused-ring (bicyclic) bond motifs is 1. The van der Waals surface area contributed by atoms with E-state index in [0.29, 0.717) is 18.1 Å². The van der Waals surface area contributed by atoms with E-state index in [4.69, 9.17) is 16.3 Å². The number of aromatic nitrogens is 4. The van der Waals surface area contributed by atoms with Crippen LogP contribution in [0, 0.1) is 0 Å². The summed E-state index contributed by atoms with van der Waals surface area (Å²) >= 11 is 6.16. The predicted octanol–water partition coefficient (Wildman–Crippen LogP) is 3.28. The number of rotatable bonds is 7. The fraction of sp³-hybridized carbons (Fsp3) is 0.238. The molecule has 0 atom stereocenters. The van der Waals surface area contributed by atoms with Crippen molar-refractivity contribution in [3.8, 4) is 0 Å². The number of hydrogen-bond donors (Lipinski definition) is 0. The summed E-state index contributed by atoms with van der Waals surface area (Å²) in [5.74, 6) is -1.27. The third-order valence-corrected chi connectivity index (χ3v) is 5.20. The van der Waals surface area contributed by atoms with Crippen LogP contribution in [0.5, 0.6) is 0 Å². The molecular weight excluding hydrogens is 422 g/mol. The van der Waals surface area contributed by atoms with Gasteiger partial charge in [0.25, 0.3) is 11.8 Å². The molecule has 0 fully saturated rings. The molecule has 1 aromatic heterocycles. The summed E-state index contributed by atoms with van der Waals surface area (Å²) in [6.07, 6.45) is 1.88. The summed E-state index contributed by atoms with van der Waals surface area (Å²) in [5.41, 5.74) is 0.754. The van der Waals surface area contributed by atoms with Crippen molar-refractivity contribution < 1.29 is 19.1 Å². The Labute approximate surface area is 182 Å². The molecule has 0 radical (unpaired) electrons. The van der Waals surface area contributed by atoms with Crippen molar-refractivity contribution >= 4 is 35.1 Å². The number of halogens is 1. The number of carbonyl (C=O) groups is 3. The molecule has 0 N–H and O–H groups in total. The summed E-state index contributed by atoms with van der Waals surface area (Å²) in [7, 11) is 0. The standard InChI is InChI=1S/C21H18ClN5O4/c1-2-3-10-26-18(23-24-25-26)12-31-21(30)13-8-9-14-15(11-13)20(29)27(19(14)28)17-7-5-4-6-16(17)22/h4-9,11H,2-3,10,12H2,1H3. The zero-order valence-electron chi connectivity index (χ0n) is 16.6. The van der Waals surface area contributed by atoms with Gasteiger partial charge in [0.15, 0.2) is 12.4 Å². The van der Waals surface area contributed by atoms with Crippen molar-refractivity contribution in [1.82, 2.24) is 20.2 Å². The van der Waals surface area contributed by atoms with Gasteiger partial charge in [0, 0.05) is 6.54 Å². The highest BCUT2D eigenvalue weighted by atomic mass is 35.5. The third-order valence-electron chi connectivity index (χ3n) is 4.88. The number of tetrazole rings is 1. The minimum Gasteiger partial charge on any atom is -0.454 e. The molecule has 4 rings (SSSR count). The van der Waals surface area contributed by atoms with Crippen LogP contribution < -0.4 is 4.90 Å². The van der Waals surface area contributed by atoms with Crippen LogP contribution in [0.4, 0.5) is 5.69 Å². The van der Waals surface area contributed by atoms with Crippen LogP contribution >= 0.6 is 11.6 Å². The number of ether oxygens (including phenoxy) is 1. The zero-order chi connectivity index (χ0) is 22.0. The van der Waals surface area contributed by atoms with Crippen molar-refractivity contribution in [2.24, 2.45) is 0 Å². The first-order valence-electron chi connectivity index (χ1n) is 9.70. The van der Waals surface area contributed by atoms with Crippen molar-refractivity contribution in [2.75, 3.05) is 4.90 Å². The van der Waals surface area contributed by atoms with Crippen LogP contribution in [0.15, 0.2) is 42.5 Å². The topological polar surface area (TPSA) is 107 Å². The largest absolute Gasteiger partial charge is 0.454 e. The summed E-state index contributed by atoms with van der Waals surface area (Å²) in [6, 6.07) is 10.8. The maximum atomic E-state index is 12.9. The van der Waals surface area contributed by atoms with Gasteiger partial charge in [-0.2, -0.15) is 0 Å². The smallest absolute Gasteiger partial charge is 0.338 e. The van der Waals surface area contributed by atoms with E-state index < -0.39 is 17.8 Å². The monoisotopic (exact) mass is 439 g/mol. The minimum atomic E-state index is -0.649. The van der Waals surface area contributed by atoms with Gasteiger partial charge in [0.05, 0.1) is 27.4 Å². The molecule has 0 saturated carbocycles. The lowest BCUT2D eigenvalue weighted by atomic mass is 10.1. The van der Waals surface area contributed by atoms with Crippen molar-refractivity contribution in [3.05, 3.63) is 70.0 Å². The zero-order valence-corrected chi connectivity index (χ0v) is 17.4. The second-order valence-electron chi connectivity index (χ2n) is 6.91. The maximum absolute atomic E-state index is 12.9. The molecule has 2 amide bonds. The maximum Gasteiger partial charge on any atom is 0.338 e. The van der Waals surface area contributed by atoms with E-state index in [-0.39, 0.29) is 28.3 Å². The van der Waals surface area contributed by atoms with E-state index in [9.17, 15) is 14.4 Å². The highest BCUT2D eigenvalue weighted by Gasteiger charge is 2.38. The summed E-state index contributed by atoms with van der Waals surface area (Å²) < 4.78 is 6.90. The molecule has 1 aliphatic rings.